The van der Waals surface area contributed by atoms with Crippen LogP contribution in [-0.2, 0) is 4.74 Å². The third kappa shape index (κ3) is 3.87. The van der Waals surface area contributed by atoms with Crippen LogP contribution in [0.1, 0.15) is 34.7 Å². The van der Waals surface area contributed by atoms with E-state index in [1.54, 1.807) is 30.5 Å². The molecule has 0 unspecified atom stereocenters. The Morgan fingerprint density at radius 2 is 1.83 bits per heavy atom. The number of hydrogen-bond acceptors (Lipinski definition) is 6. The number of amides is 1. The molecule has 1 aromatic heterocycles. The lowest BCUT2D eigenvalue weighted by molar-refractivity contribution is 0.0602. The normalized spacial score (nSPS) is 10.1. The summed E-state index contributed by atoms with van der Waals surface area (Å²) < 4.78 is 4.71. The molecule has 7 heteroatoms. The first-order valence-electron chi connectivity index (χ1n) is 7.66. The van der Waals surface area contributed by atoms with Gasteiger partial charge in [-0.2, -0.15) is 0 Å². The van der Waals surface area contributed by atoms with Crippen LogP contribution < -0.4 is 10.2 Å². The van der Waals surface area contributed by atoms with Crippen LogP contribution in [0.2, 0.25) is 0 Å². The highest BCUT2D eigenvalue weighted by molar-refractivity contribution is 6.06. The Bertz CT molecular complexity index is 712. The first-order valence-corrected chi connectivity index (χ1v) is 7.66. The largest absolute Gasteiger partial charge is 0.465 e. The maximum atomic E-state index is 12.3. The SMILES string of the molecule is CCN(CC)c1cnc(C(=O)Nc2ccccc2C(=O)OC)cn1. The molecule has 2 aromatic rings. The minimum atomic E-state index is -0.520. The fraction of sp³-hybridized carbons (Fsp3) is 0.294. The molecule has 2 rings (SSSR count). The second-order valence-corrected chi connectivity index (χ2v) is 4.92. The Labute approximate surface area is 140 Å². The summed E-state index contributed by atoms with van der Waals surface area (Å²) >= 11 is 0. The zero-order chi connectivity index (χ0) is 17.5. The van der Waals surface area contributed by atoms with Crippen LogP contribution in [0.3, 0.4) is 0 Å². The number of rotatable bonds is 6. The number of nitrogens with zero attached hydrogens (tertiary/aromatic N) is 3. The van der Waals surface area contributed by atoms with Gasteiger partial charge >= 0.3 is 5.97 Å². The van der Waals surface area contributed by atoms with E-state index < -0.39 is 11.9 Å². The van der Waals surface area contributed by atoms with Gasteiger partial charge in [0.15, 0.2) is 0 Å². The van der Waals surface area contributed by atoms with Crippen LogP contribution in [0.4, 0.5) is 11.5 Å². The van der Waals surface area contributed by atoms with E-state index in [1.807, 2.05) is 18.7 Å². The van der Waals surface area contributed by atoms with Gasteiger partial charge in [0.05, 0.1) is 30.8 Å². The maximum absolute atomic E-state index is 12.3. The number of nitrogens with one attached hydrogen (secondary N) is 1. The lowest BCUT2D eigenvalue weighted by atomic mass is 10.1. The fourth-order valence-corrected chi connectivity index (χ4v) is 2.22. The first-order chi connectivity index (χ1) is 11.6. The molecule has 0 spiro atoms. The number of ether oxygens (including phenoxy) is 1. The highest BCUT2D eigenvalue weighted by atomic mass is 16.5. The molecule has 0 atom stereocenters. The van der Waals surface area contributed by atoms with Gasteiger partial charge < -0.3 is 15.0 Å². The summed E-state index contributed by atoms with van der Waals surface area (Å²) in [6, 6.07) is 6.62. The molecule has 0 aliphatic heterocycles. The Morgan fingerprint density at radius 1 is 1.12 bits per heavy atom. The van der Waals surface area contributed by atoms with E-state index in [0.717, 1.165) is 13.1 Å². The Balaban J connectivity index is 2.17. The van der Waals surface area contributed by atoms with Crippen molar-refractivity contribution in [3.8, 4) is 0 Å². The van der Waals surface area contributed by atoms with E-state index in [0.29, 0.717) is 11.5 Å². The van der Waals surface area contributed by atoms with Crippen LogP contribution in [0, 0.1) is 0 Å². The number of hydrogen-bond donors (Lipinski definition) is 1. The van der Waals surface area contributed by atoms with Gasteiger partial charge in [-0.1, -0.05) is 12.1 Å². The predicted molar refractivity (Wildman–Crippen MR) is 91.3 cm³/mol. The van der Waals surface area contributed by atoms with Crippen molar-refractivity contribution in [3.05, 3.63) is 47.9 Å². The number of carbonyl (C=O) groups excluding carboxylic acids is 2. The highest BCUT2D eigenvalue weighted by Crippen LogP contribution is 2.17. The Morgan fingerprint density at radius 3 is 2.42 bits per heavy atom. The third-order valence-corrected chi connectivity index (χ3v) is 3.54. The smallest absolute Gasteiger partial charge is 0.339 e. The summed E-state index contributed by atoms with van der Waals surface area (Å²) in [6.45, 7) is 5.66. The molecule has 0 saturated carbocycles. The number of benzene rings is 1. The van der Waals surface area contributed by atoms with Crippen LogP contribution >= 0.6 is 0 Å². The number of para-hydroxylation sites is 1. The summed E-state index contributed by atoms with van der Waals surface area (Å²) in [5.74, 6) is -0.245. The monoisotopic (exact) mass is 328 g/mol. The van der Waals surface area contributed by atoms with Crippen molar-refractivity contribution in [2.24, 2.45) is 0 Å². The molecule has 0 aliphatic rings. The molecule has 1 heterocycles. The number of carbonyl (C=O) groups is 2. The molecule has 1 N–H and O–H groups in total. The van der Waals surface area contributed by atoms with Gasteiger partial charge in [-0.3, -0.25) is 4.79 Å². The van der Waals surface area contributed by atoms with Crippen LogP contribution in [0.25, 0.3) is 0 Å². The van der Waals surface area contributed by atoms with Gasteiger partial charge in [0, 0.05) is 13.1 Å². The van der Waals surface area contributed by atoms with Crippen LogP contribution in [-0.4, -0.2) is 42.0 Å². The Hall–Kier alpha value is -2.96. The first kappa shape index (κ1) is 17.4. The molecular formula is C17H20N4O3. The topological polar surface area (TPSA) is 84.4 Å². The lowest BCUT2D eigenvalue weighted by Crippen LogP contribution is -2.24. The standard InChI is InChI=1S/C17H20N4O3/c1-4-21(5-2)15-11-18-14(10-19-15)16(22)20-13-9-7-6-8-12(13)17(23)24-3/h6-11H,4-5H2,1-3H3,(H,20,22). The van der Waals surface area contributed by atoms with Crippen LogP contribution in [0.5, 0.6) is 0 Å². The fourth-order valence-electron chi connectivity index (χ4n) is 2.22. The summed E-state index contributed by atoms with van der Waals surface area (Å²) in [5, 5.41) is 2.66. The van der Waals surface area contributed by atoms with Crippen molar-refractivity contribution < 1.29 is 14.3 Å². The van der Waals surface area contributed by atoms with Gasteiger partial charge in [0.2, 0.25) is 0 Å². The van der Waals surface area contributed by atoms with E-state index in [2.05, 4.69) is 15.3 Å². The maximum Gasteiger partial charge on any atom is 0.339 e. The number of methoxy groups -OCH3 is 1. The van der Waals surface area contributed by atoms with Crippen molar-refractivity contribution in [1.82, 2.24) is 9.97 Å². The molecular weight excluding hydrogens is 308 g/mol. The van der Waals surface area contributed by atoms with Crippen molar-refractivity contribution in [3.63, 3.8) is 0 Å². The predicted octanol–water partition coefficient (Wildman–Crippen LogP) is 2.36. The summed E-state index contributed by atoms with van der Waals surface area (Å²) in [4.78, 5) is 34.5. The van der Waals surface area contributed by atoms with Gasteiger partial charge in [-0.05, 0) is 26.0 Å². The van der Waals surface area contributed by atoms with Gasteiger partial charge in [0.1, 0.15) is 11.5 Å². The van der Waals surface area contributed by atoms with E-state index in [1.165, 1.54) is 13.3 Å². The van der Waals surface area contributed by atoms with Crippen molar-refractivity contribution in [2.75, 3.05) is 30.4 Å². The van der Waals surface area contributed by atoms with E-state index >= 15 is 0 Å². The quantitative estimate of drug-likeness (QED) is 0.820. The minimum Gasteiger partial charge on any atom is -0.465 e. The molecule has 0 radical (unpaired) electrons. The summed E-state index contributed by atoms with van der Waals surface area (Å²) in [5.41, 5.74) is 0.815. The molecule has 0 saturated heterocycles. The van der Waals surface area contributed by atoms with Crippen molar-refractivity contribution >= 4 is 23.4 Å². The molecule has 7 nitrogen and oxygen atoms in total. The highest BCUT2D eigenvalue weighted by Gasteiger charge is 2.15. The summed E-state index contributed by atoms with van der Waals surface area (Å²) in [7, 11) is 1.29. The molecule has 1 aromatic carbocycles. The number of esters is 1. The van der Waals surface area contributed by atoms with E-state index in [-0.39, 0.29) is 11.3 Å². The van der Waals surface area contributed by atoms with Crippen LogP contribution in [0.15, 0.2) is 36.7 Å². The van der Waals surface area contributed by atoms with Gasteiger partial charge in [-0.15, -0.1) is 0 Å². The molecule has 0 aliphatic carbocycles. The minimum absolute atomic E-state index is 0.172. The average molecular weight is 328 g/mol. The summed E-state index contributed by atoms with van der Waals surface area (Å²) in [6.07, 6.45) is 2.98. The zero-order valence-electron chi connectivity index (χ0n) is 13.9. The number of aromatic nitrogens is 2. The molecule has 1 amide bonds. The zero-order valence-corrected chi connectivity index (χ0v) is 13.9. The number of anilines is 2. The second kappa shape index (κ2) is 8.05. The van der Waals surface area contributed by atoms with E-state index in [4.69, 9.17) is 4.74 Å². The third-order valence-electron chi connectivity index (χ3n) is 3.54. The van der Waals surface area contributed by atoms with Gasteiger partial charge in [0.25, 0.3) is 5.91 Å². The Kier molecular flexibility index (Phi) is 5.83. The molecule has 0 bridgehead atoms. The lowest BCUT2D eigenvalue weighted by Gasteiger charge is -2.19. The van der Waals surface area contributed by atoms with Crippen molar-refractivity contribution in [1.29, 1.82) is 0 Å². The second-order valence-electron chi connectivity index (χ2n) is 4.92. The average Bonchev–Trinajstić information content (AvgIpc) is 2.63. The molecule has 24 heavy (non-hydrogen) atoms. The van der Waals surface area contributed by atoms with Crippen molar-refractivity contribution in [2.45, 2.75) is 13.8 Å². The molecule has 0 fully saturated rings. The van der Waals surface area contributed by atoms with E-state index in [9.17, 15) is 9.59 Å². The van der Waals surface area contributed by atoms with Gasteiger partial charge in [-0.25, -0.2) is 14.8 Å². The molecule has 126 valence electrons.